The second-order valence-electron chi connectivity index (χ2n) is 4.32. The van der Waals surface area contributed by atoms with Crippen LogP contribution in [0.4, 0.5) is 11.5 Å². The van der Waals surface area contributed by atoms with Gasteiger partial charge < -0.3 is 4.90 Å². The van der Waals surface area contributed by atoms with Gasteiger partial charge in [-0.3, -0.25) is 0 Å². The lowest BCUT2D eigenvalue weighted by molar-refractivity contribution is 0.898. The summed E-state index contributed by atoms with van der Waals surface area (Å²) in [5, 5.41) is 13.0. The number of aromatic nitrogens is 3. The highest BCUT2D eigenvalue weighted by Gasteiger charge is 2.11. The molecule has 3 aromatic rings. The molecule has 0 aliphatic carbocycles. The molecule has 0 atom stereocenters. The van der Waals surface area contributed by atoms with Gasteiger partial charge in [-0.2, -0.15) is 10.4 Å². The summed E-state index contributed by atoms with van der Waals surface area (Å²) in [6, 6.07) is 15.9. The largest absolute Gasteiger partial charge is 0.325 e. The summed E-state index contributed by atoms with van der Waals surface area (Å²) in [4.78, 5) is 6.62. The van der Waals surface area contributed by atoms with E-state index >= 15 is 0 Å². The molecule has 0 aliphatic heterocycles. The molecule has 0 amide bonds. The molecule has 0 saturated heterocycles. The quantitative estimate of drug-likeness (QED) is 0.726. The predicted octanol–water partition coefficient (Wildman–Crippen LogP) is 2.78. The number of para-hydroxylation sites is 1. The van der Waals surface area contributed by atoms with E-state index in [2.05, 4.69) is 16.2 Å². The van der Waals surface area contributed by atoms with Gasteiger partial charge >= 0.3 is 0 Å². The Morgan fingerprint density at radius 1 is 1.15 bits per heavy atom. The minimum Gasteiger partial charge on any atom is -0.325 e. The van der Waals surface area contributed by atoms with E-state index in [1.54, 1.807) is 10.7 Å². The number of nitrogens with zero attached hydrogens (tertiary/aromatic N) is 5. The molecule has 5 heteroatoms. The molecule has 0 spiro atoms. The molecule has 0 bridgehead atoms. The lowest BCUT2D eigenvalue weighted by Crippen LogP contribution is -2.19. The van der Waals surface area contributed by atoms with E-state index < -0.39 is 0 Å². The van der Waals surface area contributed by atoms with Crippen molar-refractivity contribution >= 4 is 17.2 Å². The van der Waals surface area contributed by atoms with Gasteiger partial charge in [0.2, 0.25) is 0 Å². The number of anilines is 2. The van der Waals surface area contributed by atoms with Gasteiger partial charge in [-0.05, 0) is 18.2 Å². The van der Waals surface area contributed by atoms with Crippen LogP contribution in [0.15, 0.2) is 54.9 Å². The molecule has 0 radical (unpaired) electrons. The van der Waals surface area contributed by atoms with Crippen LogP contribution in [-0.2, 0) is 0 Å². The van der Waals surface area contributed by atoms with E-state index in [-0.39, 0.29) is 0 Å². The third kappa shape index (κ3) is 2.31. The van der Waals surface area contributed by atoms with Crippen molar-refractivity contribution in [1.29, 1.82) is 5.26 Å². The maximum Gasteiger partial charge on any atom is 0.157 e. The van der Waals surface area contributed by atoms with Crippen LogP contribution < -0.4 is 4.90 Å². The molecule has 0 unspecified atom stereocenters. The summed E-state index contributed by atoms with van der Waals surface area (Å²) < 4.78 is 1.72. The number of hydrogen-bond donors (Lipinski definition) is 0. The SMILES string of the molecule is N#CCCN(c1ccccc1)c1ccn2nccc2n1. The van der Waals surface area contributed by atoms with E-state index in [0.717, 1.165) is 17.2 Å². The fourth-order valence-corrected chi connectivity index (χ4v) is 2.10. The van der Waals surface area contributed by atoms with Crippen LogP contribution in [0.5, 0.6) is 0 Å². The lowest BCUT2D eigenvalue weighted by atomic mass is 10.2. The fraction of sp³-hybridized carbons (Fsp3) is 0.133. The van der Waals surface area contributed by atoms with Gasteiger partial charge in [0.1, 0.15) is 5.82 Å². The Kier molecular flexibility index (Phi) is 3.29. The third-order valence-electron chi connectivity index (χ3n) is 3.03. The number of fused-ring (bicyclic) bond motifs is 1. The number of rotatable bonds is 4. The molecule has 98 valence electrons. The zero-order chi connectivity index (χ0) is 13.8. The topological polar surface area (TPSA) is 57.2 Å². The molecule has 0 fully saturated rings. The monoisotopic (exact) mass is 263 g/mol. The van der Waals surface area contributed by atoms with Crippen LogP contribution in [0, 0.1) is 11.3 Å². The Balaban J connectivity index is 2.01. The average molecular weight is 263 g/mol. The average Bonchev–Trinajstić information content (AvgIpc) is 2.96. The number of benzene rings is 1. The standard InChI is InChI=1S/C15H13N5/c16-9-4-11-19(13-5-2-1-3-6-13)14-8-12-20-15(18-14)7-10-17-20/h1-3,5-8,10,12H,4,11H2. The molecule has 1 aromatic carbocycles. The molecule has 0 aliphatic rings. The van der Waals surface area contributed by atoms with Crippen molar-refractivity contribution < 1.29 is 0 Å². The van der Waals surface area contributed by atoms with Gasteiger partial charge in [-0.15, -0.1) is 0 Å². The van der Waals surface area contributed by atoms with Crippen molar-refractivity contribution in [2.75, 3.05) is 11.4 Å². The molecule has 0 N–H and O–H groups in total. The highest BCUT2D eigenvalue weighted by Crippen LogP contribution is 2.23. The first-order chi connectivity index (χ1) is 9.88. The maximum atomic E-state index is 8.84. The van der Waals surface area contributed by atoms with E-state index in [4.69, 9.17) is 5.26 Å². The van der Waals surface area contributed by atoms with E-state index in [1.165, 1.54) is 0 Å². The van der Waals surface area contributed by atoms with Gasteiger partial charge in [0.25, 0.3) is 0 Å². The Morgan fingerprint density at radius 2 is 2.00 bits per heavy atom. The van der Waals surface area contributed by atoms with Crippen LogP contribution in [0.2, 0.25) is 0 Å². The van der Waals surface area contributed by atoms with E-state index in [1.807, 2.05) is 53.6 Å². The molecule has 2 aromatic heterocycles. The summed E-state index contributed by atoms with van der Waals surface area (Å²) in [7, 11) is 0. The fourth-order valence-electron chi connectivity index (χ4n) is 2.10. The Labute approximate surface area is 116 Å². The summed E-state index contributed by atoms with van der Waals surface area (Å²) in [5.41, 5.74) is 1.82. The molecule has 0 saturated carbocycles. The normalized spacial score (nSPS) is 10.3. The minimum absolute atomic E-state index is 0.445. The first-order valence-corrected chi connectivity index (χ1v) is 6.38. The Bertz CT molecular complexity index is 742. The van der Waals surface area contributed by atoms with E-state index in [9.17, 15) is 0 Å². The molecule has 2 heterocycles. The van der Waals surface area contributed by atoms with Crippen molar-refractivity contribution in [1.82, 2.24) is 14.6 Å². The van der Waals surface area contributed by atoms with Crippen molar-refractivity contribution in [3.8, 4) is 6.07 Å². The second kappa shape index (κ2) is 5.41. The first kappa shape index (κ1) is 12.2. The molecule has 3 rings (SSSR count). The van der Waals surface area contributed by atoms with Crippen molar-refractivity contribution in [3.63, 3.8) is 0 Å². The van der Waals surface area contributed by atoms with Crippen LogP contribution in [0.1, 0.15) is 6.42 Å². The van der Waals surface area contributed by atoms with Gasteiger partial charge in [-0.25, -0.2) is 9.50 Å². The summed E-state index contributed by atoms with van der Waals surface area (Å²) in [6.07, 6.45) is 4.04. The maximum absolute atomic E-state index is 8.84. The van der Waals surface area contributed by atoms with Gasteiger partial charge in [0, 0.05) is 24.5 Å². The predicted molar refractivity (Wildman–Crippen MR) is 76.7 cm³/mol. The second-order valence-corrected chi connectivity index (χ2v) is 4.32. The van der Waals surface area contributed by atoms with Gasteiger partial charge in [-0.1, -0.05) is 18.2 Å². The minimum atomic E-state index is 0.445. The van der Waals surface area contributed by atoms with Crippen molar-refractivity contribution in [2.24, 2.45) is 0 Å². The molecule has 5 nitrogen and oxygen atoms in total. The summed E-state index contributed by atoms with van der Waals surface area (Å²) in [6.45, 7) is 0.609. The summed E-state index contributed by atoms with van der Waals surface area (Å²) in [5.74, 6) is 0.819. The zero-order valence-corrected chi connectivity index (χ0v) is 10.8. The molecule has 20 heavy (non-hydrogen) atoms. The van der Waals surface area contributed by atoms with Gasteiger partial charge in [0.15, 0.2) is 5.65 Å². The molecular weight excluding hydrogens is 250 g/mol. The number of hydrogen-bond acceptors (Lipinski definition) is 4. The highest BCUT2D eigenvalue weighted by atomic mass is 15.3. The summed E-state index contributed by atoms with van der Waals surface area (Å²) >= 11 is 0. The van der Waals surface area contributed by atoms with Crippen LogP contribution >= 0.6 is 0 Å². The Hall–Kier alpha value is -2.87. The van der Waals surface area contributed by atoms with Gasteiger partial charge in [0.05, 0.1) is 18.7 Å². The van der Waals surface area contributed by atoms with Crippen molar-refractivity contribution in [3.05, 3.63) is 54.9 Å². The van der Waals surface area contributed by atoms with Crippen LogP contribution in [0.3, 0.4) is 0 Å². The van der Waals surface area contributed by atoms with Crippen molar-refractivity contribution in [2.45, 2.75) is 6.42 Å². The number of nitriles is 1. The lowest BCUT2D eigenvalue weighted by Gasteiger charge is -2.22. The van der Waals surface area contributed by atoms with E-state index in [0.29, 0.717) is 13.0 Å². The zero-order valence-electron chi connectivity index (χ0n) is 10.8. The van der Waals surface area contributed by atoms with Crippen LogP contribution in [-0.4, -0.2) is 21.1 Å². The first-order valence-electron chi connectivity index (χ1n) is 6.38. The Morgan fingerprint density at radius 3 is 2.80 bits per heavy atom. The highest BCUT2D eigenvalue weighted by molar-refractivity contribution is 5.61. The third-order valence-corrected chi connectivity index (χ3v) is 3.03. The smallest absolute Gasteiger partial charge is 0.157 e. The van der Waals surface area contributed by atoms with Crippen LogP contribution in [0.25, 0.3) is 5.65 Å². The molecular formula is C15H13N5.